The number of carbonyl (C=O) groups excluding carboxylic acids is 2. The van der Waals surface area contributed by atoms with Crippen LogP contribution in [0.1, 0.15) is 59.3 Å². The highest BCUT2D eigenvalue weighted by atomic mass is 16.5. The molecular weight excluding hydrogens is 304 g/mol. The highest BCUT2D eigenvalue weighted by molar-refractivity contribution is 5.88. The minimum Gasteiger partial charge on any atom is -0.379 e. The second kappa shape index (κ2) is 9.40. The van der Waals surface area contributed by atoms with Crippen LogP contribution in [-0.2, 0) is 14.3 Å². The summed E-state index contributed by atoms with van der Waals surface area (Å²) in [5.74, 6) is 0.442. The van der Waals surface area contributed by atoms with Gasteiger partial charge in [-0.3, -0.25) is 9.59 Å². The van der Waals surface area contributed by atoms with Gasteiger partial charge >= 0.3 is 0 Å². The lowest BCUT2D eigenvalue weighted by atomic mass is 9.77. The fourth-order valence-corrected chi connectivity index (χ4v) is 3.78. The molecule has 24 heavy (non-hydrogen) atoms. The van der Waals surface area contributed by atoms with Crippen molar-refractivity contribution in [3.63, 3.8) is 0 Å². The molecule has 0 radical (unpaired) electrons. The van der Waals surface area contributed by atoms with Gasteiger partial charge in [-0.15, -0.1) is 0 Å². The summed E-state index contributed by atoms with van der Waals surface area (Å²) in [6.07, 6.45) is 5.97. The van der Waals surface area contributed by atoms with E-state index in [1.165, 1.54) is 0 Å². The average molecular weight is 338 g/mol. The zero-order valence-electron chi connectivity index (χ0n) is 15.6. The van der Waals surface area contributed by atoms with Gasteiger partial charge in [0.1, 0.15) is 0 Å². The van der Waals surface area contributed by atoms with Crippen LogP contribution in [-0.4, -0.2) is 49.1 Å². The van der Waals surface area contributed by atoms with Gasteiger partial charge in [-0.25, -0.2) is 0 Å². The first-order valence-electron chi connectivity index (χ1n) is 9.66. The number of ether oxygens (including phenoxy) is 1. The van der Waals surface area contributed by atoms with Crippen molar-refractivity contribution < 1.29 is 14.3 Å². The summed E-state index contributed by atoms with van der Waals surface area (Å²) in [4.78, 5) is 27.4. The molecule has 1 aliphatic heterocycles. The molecule has 2 rings (SSSR count). The smallest absolute Gasteiger partial charge is 0.226 e. The standard InChI is InChI=1S/C19H34N2O3/c1-14(2)12-24-13-15(3)20-18(22)16-8-4-5-9-17(16)19(23)21-10-6-7-11-21/h14-17H,4-13H2,1-3H3,(H,20,22)/t15-,16+,17+/m0/s1. The third kappa shape index (κ3) is 5.47. The molecule has 5 nitrogen and oxygen atoms in total. The molecule has 1 heterocycles. The highest BCUT2D eigenvalue weighted by Crippen LogP contribution is 2.32. The van der Waals surface area contributed by atoms with E-state index in [1.54, 1.807) is 0 Å². The van der Waals surface area contributed by atoms with Gasteiger partial charge in [0.2, 0.25) is 11.8 Å². The van der Waals surface area contributed by atoms with Crippen LogP contribution in [0, 0.1) is 17.8 Å². The summed E-state index contributed by atoms with van der Waals surface area (Å²) in [7, 11) is 0. The number of amides is 2. The van der Waals surface area contributed by atoms with E-state index in [0.717, 1.165) is 51.6 Å². The maximum absolute atomic E-state index is 12.8. The predicted octanol–water partition coefficient (Wildman–Crippen LogP) is 2.59. The van der Waals surface area contributed by atoms with Crippen molar-refractivity contribution in [3.05, 3.63) is 0 Å². The first-order valence-corrected chi connectivity index (χ1v) is 9.66. The molecule has 5 heteroatoms. The Morgan fingerprint density at radius 3 is 2.25 bits per heavy atom. The third-order valence-corrected chi connectivity index (χ3v) is 5.05. The fraction of sp³-hybridized carbons (Fsp3) is 0.895. The molecule has 0 aromatic rings. The van der Waals surface area contributed by atoms with E-state index >= 15 is 0 Å². The predicted molar refractivity (Wildman–Crippen MR) is 94.5 cm³/mol. The molecule has 2 aliphatic rings. The van der Waals surface area contributed by atoms with Gasteiger partial charge < -0.3 is 15.0 Å². The van der Waals surface area contributed by atoms with Gasteiger partial charge in [0.15, 0.2) is 0 Å². The average Bonchev–Trinajstić information content (AvgIpc) is 3.08. The van der Waals surface area contributed by atoms with Crippen LogP contribution in [0.25, 0.3) is 0 Å². The van der Waals surface area contributed by atoms with Crippen LogP contribution >= 0.6 is 0 Å². The lowest BCUT2D eigenvalue weighted by Gasteiger charge is -2.33. The van der Waals surface area contributed by atoms with Crippen molar-refractivity contribution in [2.75, 3.05) is 26.3 Å². The maximum Gasteiger partial charge on any atom is 0.226 e. The molecule has 0 aromatic carbocycles. The number of nitrogens with zero attached hydrogens (tertiary/aromatic N) is 1. The van der Waals surface area contributed by atoms with Gasteiger partial charge in [0, 0.05) is 37.6 Å². The largest absolute Gasteiger partial charge is 0.379 e. The molecule has 2 amide bonds. The van der Waals surface area contributed by atoms with Gasteiger partial charge in [0.05, 0.1) is 6.61 Å². The van der Waals surface area contributed by atoms with Gasteiger partial charge in [-0.1, -0.05) is 26.7 Å². The molecule has 138 valence electrons. The lowest BCUT2D eigenvalue weighted by molar-refractivity contribution is -0.143. The van der Waals surface area contributed by atoms with E-state index < -0.39 is 0 Å². The van der Waals surface area contributed by atoms with Crippen molar-refractivity contribution in [1.82, 2.24) is 10.2 Å². The molecular formula is C19H34N2O3. The zero-order valence-corrected chi connectivity index (χ0v) is 15.6. The molecule has 0 unspecified atom stereocenters. The topological polar surface area (TPSA) is 58.6 Å². The Hall–Kier alpha value is -1.10. The zero-order chi connectivity index (χ0) is 17.5. The Labute approximate surface area is 146 Å². The van der Waals surface area contributed by atoms with E-state index in [9.17, 15) is 9.59 Å². The molecule has 0 bridgehead atoms. The van der Waals surface area contributed by atoms with Crippen LogP contribution < -0.4 is 5.32 Å². The third-order valence-electron chi connectivity index (χ3n) is 5.05. The van der Waals surface area contributed by atoms with E-state index in [1.807, 2.05) is 11.8 Å². The molecule has 1 saturated heterocycles. The number of likely N-dealkylation sites (tertiary alicyclic amines) is 1. The van der Waals surface area contributed by atoms with Crippen LogP contribution in [0.15, 0.2) is 0 Å². The van der Waals surface area contributed by atoms with Crippen molar-refractivity contribution in [2.45, 2.75) is 65.3 Å². The van der Waals surface area contributed by atoms with Gasteiger partial charge in [0.25, 0.3) is 0 Å². The van der Waals surface area contributed by atoms with Crippen molar-refractivity contribution in [3.8, 4) is 0 Å². The quantitative estimate of drug-likeness (QED) is 0.776. The molecule has 1 N–H and O–H groups in total. The van der Waals surface area contributed by atoms with Crippen molar-refractivity contribution in [2.24, 2.45) is 17.8 Å². The summed E-state index contributed by atoms with van der Waals surface area (Å²) in [5, 5.41) is 3.06. The van der Waals surface area contributed by atoms with E-state index in [4.69, 9.17) is 4.74 Å². The van der Waals surface area contributed by atoms with Crippen LogP contribution in [0.5, 0.6) is 0 Å². The van der Waals surface area contributed by atoms with Gasteiger partial charge in [-0.05, 0) is 38.5 Å². The van der Waals surface area contributed by atoms with E-state index in [2.05, 4.69) is 19.2 Å². The molecule has 0 spiro atoms. The van der Waals surface area contributed by atoms with E-state index in [0.29, 0.717) is 19.1 Å². The summed E-state index contributed by atoms with van der Waals surface area (Å²) >= 11 is 0. The van der Waals surface area contributed by atoms with Crippen LogP contribution in [0.2, 0.25) is 0 Å². The molecule has 2 fully saturated rings. The van der Waals surface area contributed by atoms with Gasteiger partial charge in [-0.2, -0.15) is 0 Å². The highest BCUT2D eigenvalue weighted by Gasteiger charge is 2.38. The second-order valence-electron chi connectivity index (χ2n) is 7.87. The van der Waals surface area contributed by atoms with Crippen LogP contribution in [0.3, 0.4) is 0 Å². The molecule has 1 saturated carbocycles. The Morgan fingerprint density at radius 2 is 1.62 bits per heavy atom. The number of nitrogens with one attached hydrogen (secondary N) is 1. The number of hydrogen-bond acceptors (Lipinski definition) is 3. The summed E-state index contributed by atoms with van der Waals surface area (Å²) < 4.78 is 5.61. The molecule has 1 aliphatic carbocycles. The number of hydrogen-bond donors (Lipinski definition) is 1. The monoisotopic (exact) mass is 338 g/mol. The minimum absolute atomic E-state index is 0.0132. The number of carbonyl (C=O) groups is 2. The maximum atomic E-state index is 12.8. The molecule has 0 aromatic heterocycles. The summed E-state index contributed by atoms with van der Waals surface area (Å²) in [6.45, 7) is 9.16. The summed E-state index contributed by atoms with van der Waals surface area (Å²) in [5.41, 5.74) is 0. The Balaban J connectivity index is 1.86. The normalized spacial score (nSPS) is 25.8. The van der Waals surface area contributed by atoms with Crippen molar-refractivity contribution >= 4 is 11.8 Å². The van der Waals surface area contributed by atoms with Crippen molar-refractivity contribution in [1.29, 1.82) is 0 Å². The van der Waals surface area contributed by atoms with Crippen LogP contribution in [0.4, 0.5) is 0 Å². The van der Waals surface area contributed by atoms with E-state index in [-0.39, 0.29) is 29.7 Å². The Kier molecular flexibility index (Phi) is 7.53. The lowest BCUT2D eigenvalue weighted by Crippen LogP contribution is -2.47. The first-order chi connectivity index (χ1) is 11.5. The molecule has 3 atom stereocenters. The minimum atomic E-state index is -0.167. The Bertz CT molecular complexity index is 419. The number of rotatable bonds is 7. The SMILES string of the molecule is CC(C)COC[C@H](C)NC(=O)[C@@H]1CCCC[C@H]1C(=O)N1CCCC1. The second-order valence-corrected chi connectivity index (χ2v) is 7.87. The summed E-state index contributed by atoms with van der Waals surface area (Å²) in [6, 6.07) is -0.0132. The first kappa shape index (κ1) is 19.2. The fourth-order valence-electron chi connectivity index (χ4n) is 3.78. The Morgan fingerprint density at radius 1 is 1.00 bits per heavy atom.